The second-order valence-corrected chi connectivity index (χ2v) is 7.24. The number of ether oxygens (including phenoxy) is 1. The summed E-state index contributed by atoms with van der Waals surface area (Å²) in [5.41, 5.74) is -0.197. The number of likely N-dealkylation sites (N-methyl/N-ethyl adjacent to an activating group) is 1. The van der Waals surface area contributed by atoms with E-state index in [1.54, 1.807) is 18.2 Å². The molecule has 0 aliphatic carbocycles. The molecule has 0 heterocycles. The van der Waals surface area contributed by atoms with Crippen molar-refractivity contribution in [2.75, 3.05) is 20.2 Å². The Hall–Kier alpha value is -1.62. The molecule has 0 saturated carbocycles. The quantitative estimate of drug-likeness (QED) is 0.838. The molecule has 130 valence electrons. The smallest absolute Gasteiger partial charge is 0.234 e. The average Bonchev–Trinajstić information content (AvgIpc) is 2.43. The largest absolute Gasteiger partial charge is 0.488 e. The van der Waals surface area contributed by atoms with E-state index >= 15 is 0 Å². The van der Waals surface area contributed by atoms with Crippen LogP contribution in [0.4, 0.5) is 4.39 Å². The lowest BCUT2D eigenvalue weighted by Crippen LogP contribution is -2.50. The third-order valence-electron chi connectivity index (χ3n) is 3.90. The molecule has 23 heavy (non-hydrogen) atoms. The lowest BCUT2D eigenvalue weighted by Gasteiger charge is -2.32. The number of rotatable bonds is 7. The topological polar surface area (TPSA) is 41.6 Å². The summed E-state index contributed by atoms with van der Waals surface area (Å²) in [6, 6.07) is 6.37. The Labute approximate surface area is 139 Å². The van der Waals surface area contributed by atoms with E-state index in [9.17, 15) is 9.18 Å². The van der Waals surface area contributed by atoms with Crippen LogP contribution in [0.3, 0.4) is 0 Å². The van der Waals surface area contributed by atoms with Crippen molar-refractivity contribution in [2.45, 2.75) is 46.7 Å². The van der Waals surface area contributed by atoms with Gasteiger partial charge in [-0.25, -0.2) is 4.39 Å². The lowest BCUT2D eigenvalue weighted by atomic mass is 9.87. The van der Waals surface area contributed by atoms with Gasteiger partial charge in [0.15, 0.2) is 11.6 Å². The van der Waals surface area contributed by atoms with Crippen LogP contribution < -0.4 is 10.1 Å². The number of amides is 1. The lowest BCUT2D eigenvalue weighted by molar-refractivity contribution is -0.124. The predicted octanol–water partition coefficient (Wildman–Crippen LogP) is 3.08. The molecule has 1 N–H and O–H groups in total. The number of carbonyl (C=O) groups excluding carboxylic acids is 1. The number of para-hydroxylation sites is 1. The first-order valence-electron chi connectivity index (χ1n) is 7.98. The van der Waals surface area contributed by atoms with Crippen molar-refractivity contribution < 1.29 is 13.9 Å². The Morgan fingerprint density at radius 1 is 1.30 bits per heavy atom. The van der Waals surface area contributed by atoms with Gasteiger partial charge in [0.05, 0.1) is 12.6 Å². The first-order valence-corrected chi connectivity index (χ1v) is 7.98. The zero-order valence-electron chi connectivity index (χ0n) is 15.0. The molecule has 0 saturated heterocycles. The highest BCUT2D eigenvalue weighted by atomic mass is 19.1. The van der Waals surface area contributed by atoms with Crippen molar-refractivity contribution in [3.8, 4) is 5.75 Å². The van der Waals surface area contributed by atoms with Gasteiger partial charge in [-0.15, -0.1) is 0 Å². The second kappa shape index (κ2) is 8.29. The van der Waals surface area contributed by atoms with E-state index in [0.29, 0.717) is 12.6 Å². The van der Waals surface area contributed by atoms with Gasteiger partial charge in [-0.1, -0.05) is 32.9 Å². The van der Waals surface area contributed by atoms with Gasteiger partial charge in [-0.3, -0.25) is 9.69 Å². The molecule has 0 aliphatic heterocycles. The molecule has 0 bridgehead atoms. The van der Waals surface area contributed by atoms with Gasteiger partial charge < -0.3 is 10.1 Å². The molecule has 0 radical (unpaired) electrons. The van der Waals surface area contributed by atoms with Crippen molar-refractivity contribution in [3.05, 3.63) is 30.1 Å². The highest BCUT2D eigenvalue weighted by molar-refractivity contribution is 5.78. The Morgan fingerprint density at radius 2 is 1.91 bits per heavy atom. The predicted molar refractivity (Wildman–Crippen MR) is 91.0 cm³/mol. The molecule has 0 aliphatic rings. The van der Waals surface area contributed by atoms with Gasteiger partial charge >= 0.3 is 0 Å². The molecule has 0 aromatic heterocycles. The number of carbonyl (C=O) groups is 1. The molecule has 1 unspecified atom stereocenters. The van der Waals surface area contributed by atoms with Gasteiger partial charge in [0, 0.05) is 6.04 Å². The SMILES string of the molecule is CC(C)N(C)CC(=O)NC(COc1ccccc1F)C(C)(C)C. The Morgan fingerprint density at radius 3 is 2.43 bits per heavy atom. The number of hydrogen-bond acceptors (Lipinski definition) is 3. The first-order chi connectivity index (χ1) is 10.6. The van der Waals surface area contributed by atoms with Crippen molar-refractivity contribution in [1.82, 2.24) is 10.2 Å². The van der Waals surface area contributed by atoms with Gasteiger partial charge in [-0.2, -0.15) is 0 Å². The summed E-state index contributed by atoms with van der Waals surface area (Å²) in [6.07, 6.45) is 0. The van der Waals surface area contributed by atoms with Crippen molar-refractivity contribution in [1.29, 1.82) is 0 Å². The summed E-state index contributed by atoms with van der Waals surface area (Å²) in [4.78, 5) is 14.2. The monoisotopic (exact) mass is 324 g/mol. The summed E-state index contributed by atoms with van der Waals surface area (Å²) < 4.78 is 19.2. The maximum absolute atomic E-state index is 13.6. The first kappa shape index (κ1) is 19.4. The number of hydrogen-bond donors (Lipinski definition) is 1. The van der Waals surface area contributed by atoms with Crippen LogP contribution in [0.15, 0.2) is 24.3 Å². The fourth-order valence-electron chi connectivity index (χ4n) is 1.89. The molecule has 5 heteroatoms. The van der Waals surface area contributed by atoms with Crippen molar-refractivity contribution in [2.24, 2.45) is 5.41 Å². The van der Waals surface area contributed by atoms with Crippen LogP contribution in [0.25, 0.3) is 0 Å². The van der Waals surface area contributed by atoms with E-state index in [0.717, 1.165) is 0 Å². The van der Waals surface area contributed by atoms with Crippen LogP contribution in [-0.2, 0) is 4.79 Å². The van der Waals surface area contributed by atoms with Crippen molar-refractivity contribution in [3.63, 3.8) is 0 Å². The minimum atomic E-state index is -0.397. The van der Waals surface area contributed by atoms with E-state index in [1.807, 2.05) is 46.6 Å². The summed E-state index contributed by atoms with van der Waals surface area (Å²) >= 11 is 0. The van der Waals surface area contributed by atoms with E-state index < -0.39 is 5.82 Å². The average molecular weight is 324 g/mol. The molecular weight excluding hydrogens is 295 g/mol. The molecule has 1 aromatic rings. The summed E-state index contributed by atoms with van der Waals surface area (Å²) in [5, 5.41) is 3.00. The molecule has 1 rings (SSSR count). The van der Waals surface area contributed by atoms with Gasteiger partial charge in [-0.05, 0) is 38.4 Å². The second-order valence-electron chi connectivity index (χ2n) is 7.24. The summed E-state index contributed by atoms with van der Waals surface area (Å²) in [7, 11) is 1.91. The van der Waals surface area contributed by atoms with E-state index in [1.165, 1.54) is 6.07 Å². The fraction of sp³-hybridized carbons (Fsp3) is 0.611. The number of nitrogens with one attached hydrogen (secondary N) is 1. The van der Waals surface area contributed by atoms with Crippen LogP contribution in [0, 0.1) is 11.2 Å². The molecule has 0 spiro atoms. The number of nitrogens with zero attached hydrogens (tertiary/aromatic N) is 1. The standard InChI is InChI=1S/C18H29FN2O2/c1-13(2)21(6)11-17(22)20-16(18(3,4)5)12-23-15-10-8-7-9-14(15)19/h7-10,13,16H,11-12H2,1-6H3,(H,20,22). The van der Waals surface area contributed by atoms with Crippen molar-refractivity contribution >= 4 is 5.91 Å². The maximum atomic E-state index is 13.6. The highest BCUT2D eigenvalue weighted by Crippen LogP contribution is 2.22. The number of halogens is 1. The molecule has 0 fully saturated rings. The van der Waals surface area contributed by atoms with Gasteiger partial charge in [0.2, 0.25) is 5.91 Å². The third kappa shape index (κ3) is 6.57. The fourth-order valence-corrected chi connectivity index (χ4v) is 1.89. The Balaban J connectivity index is 2.67. The molecule has 1 atom stereocenters. The highest BCUT2D eigenvalue weighted by Gasteiger charge is 2.27. The summed E-state index contributed by atoms with van der Waals surface area (Å²) in [5.74, 6) is -0.250. The van der Waals surface area contributed by atoms with Crippen LogP contribution in [0.1, 0.15) is 34.6 Å². The van der Waals surface area contributed by atoms with E-state index in [4.69, 9.17) is 4.74 Å². The minimum absolute atomic E-state index is 0.0572. The molecule has 1 aromatic carbocycles. The Kier molecular flexibility index (Phi) is 7.01. The van der Waals surface area contributed by atoms with Gasteiger partial charge in [0.25, 0.3) is 0 Å². The van der Waals surface area contributed by atoms with E-state index in [-0.39, 0.29) is 29.7 Å². The third-order valence-corrected chi connectivity index (χ3v) is 3.90. The zero-order chi connectivity index (χ0) is 17.6. The molecule has 1 amide bonds. The summed E-state index contributed by atoms with van der Waals surface area (Å²) in [6.45, 7) is 10.7. The van der Waals surface area contributed by atoms with Crippen LogP contribution in [0.2, 0.25) is 0 Å². The Bertz CT molecular complexity index is 512. The molecular formula is C18H29FN2O2. The molecule has 4 nitrogen and oxygen atoms in total. The maximum Gasteiger partial charge on any atom is 0.234 e. The van der Waals surface area contributed by atoms with Crippen LogP contribution in [-0.4, -0.2) is 43.1 Å². The zero-order valence-corrected chi connectivity index (χ0v) is 15.0. The van der Waals surface area contributed by atoms with E-state index in [2.05, 4.69) is 5.32 Å². The number of benzene rings is 1. The van der Waals surface area contributed by atoms with Gasteiger partial charge in [0.1, 0.15) is 6.61 Å². The minimum Gasteiger partial charge on any atom is -0.488 e. The normalized spacial score (nSPS) is 13.3. The van der Waals surface area contributed by atoms with Crippen LogP contribution in [0.5, 0.6) is 5.75 Å². The van der Waals surface area contributed by atoms with Crippen LogP contribution >= 0.6 is 0 Å².